The van der Waals surface area contributed by atoms with Crippen LogP contribution in [-0.4, -0.2) is 76.8 Å². The molecule has 3 aliphatic rings. The van der Waals surface area contributed by atoms with Gasteiger partial charge in [-0.2, -0.15) is 0 Å². The summed E-state index contributed by atoms with van der Waals surface area (Å²) in [7, 11) is 0. The minimum absolute atomic E-state index is 0.0337. The molecular weight excluding hydrogens is 365 g/mol. The number of hydrogen-bond donors (Lipinski definition) is 3. The molecule has 6 nitrogen and oxygen atoms in total. The number of carbonyl (C=O) groups excluding carboxylic acids is 1. The van der Waals surface area contributed by atoms with Crippen molar-refractivity contribution in [2.75, 3.05) is 39.3 Å². The lowest BCUT2D eigenvalue weighted by atomic mass is 9.94. The number of fused-ring (bicyclic) bond motifs is 1. The zero-order chi connectivity index (χ0) is 17.8. The van der Waals surface area contributed by atoms with Gasteiger partial charge in [0.1, 0.15) is 11.4 Å². The molecule has 25 heavy (non-hydrogen) atoms. The Bertz CT molecular complexity index is 711. The van der Waals surface area contributed by atoms with Crippen molar-refractivity contribution < 1.29 is 15.0 Å². The minimum Gasteiger partial charge on any atom is -0.508 e. The third-order valence-corrected chi connectivity index (χ3v) is 6.33. The molecular formula is C17H21Cl2N3O3. The molecule has 0 saturated carbocycles. The molecule has 1 aromatic carbocycles. The summed E-state index contributed by atoms with van der Waals surface area (Å²) in [4.78, 5) is 16.5. The predicted octanol–water partition coefficient (Wildman–Crippen LogP) is 1.03. The maximum absolute atomic E-state index is 12.6. The summed E-state index contributed by atoms with van der Waals surface area (Å²) < 4.78 is 0. The maximum atomic E-state index is 12.6. The van der Waals surface area contributed by atoms with Crippen LogP contribution in [0.2, 0.25) is 10.0 Å². The van der Waals surface area contributed by atoms with Gasteiger partial charge in [-0.3, -0.25) is 9.69 Å². The molecule has 3 aliphatic heterocycles. The van der Waals surface area contributed by atoms with E-state index in [2.05, 4.69) is 5.32 Å². The first-order valence-corrected chi connectivity index (χ1v) is 9.24. The van der Waals surface area contributed by atoms with E-state index in [-0.39, 0.29) is 23.6 Å². The van der Waals surface area contributed by atoms with Gasteiger partial charge >= 0.3 is 0 Å². The van der Waals surface area contributed by atoms with Gasteiger partial charge in [-0.05, 0) is 18.6 Å². The zero-order valence-electron chi connectivity index (χ0n) is 13.7. The Labute approximate surface area is 156 Å². The summed E-state index contributed by atoms with van der Waals surface area (Å²) in [5, 5.41) is 24.4. The van der Waals surface area contributed by atoms with Crippen LogP contribution in [0.5, 0.6) is 5.75 Å². The van der Waals surface area contributed by atoms with Crippen molar-refractivity contribution in [2.24, 2.45) is 0 Å². The highest BCUT2D eigenvalue weighted by atomic mass is 35.5. The van der Waals surface area contributed by atoms with E-state index in [4.69, 9.17) is 23.2 Å². The van der Waals surface area contributed by atoms with E-state index in [1.807, 2.05) is 9.80 Å². The molecule has 4 rings (SSSR count). The summed E-state index contributed by atoms with van der Waals surface area (Å²) >= 11 is 12.4. The molecule has 136 valence electrons. The third kappa shape index (κ3) is 3.11. The largest absolute Gasteiger partial charge is 0.508 e. The number of aromatic hydroxyl groups is 1. The van der Waals surface area contributed by atoms with Crippen molar-refractivity contribution in [3.63, 3.8) is 0 Å². The lowest BCUT2D eigenvalue weighted by Gasteiger charge is -2.44. The molecule has 0 radical (unpaired) electrons. The van der Waals surface area contributed by atoms with Crippen LogP contribution < -0.4 is 5.32 Å². The van der Waals surface area contributed by atoms with E-state index in [1.54, 1.807) is 12.1 Å². The number of phenols is 1. The van der Waals surface area contributed by atoms with E-state index in [9.17, 15) is 15.0 Å². The average molecular weight is 386 g/mol. The Kier molecular flexibility index (Phi) is 4.37. The van der Waals surface area contributed by atoms with Gasteiger partial charge in [-0.15, -0.1) is 0 Å². The van der Waals surface area contributed by atoms with Crippen molar-refractivity contribution >= 4 is 29.1 Å². The van der Waals surface area contributed by atoms with Crippen LogP contribution in [-0.2, 0) is 4.79 Å². The smallest absolute Gasteiger partial charge is 0.237 e. The van der Waals surface area contributed by atoms with Gasteiger partial charge in [0, 0.05) is 50.2 Å². The van der Waals surface area contributed by atoms with E-state index in [0.29, 0.717) is 48.3 Å². The monoisotopic (exact) mass is 385 g/mol. The van der Waals surface area contributed by atoms with Crippen molar-refractivity contribution in [1.82, 2.24) is 15.1 Å². The number of nitrogens with zero attached hydrogens (tertiary/aromatic N) is 2. The molecule has 2 atom stereocenters. The number of piperazine rings is 1. The Hall–Kier alpha value is -1.05. The number of phenolic OH excluding ortho intramolecular Hbond substituents is 1. The molecule has 3 fully saturated rings. The zero-order valence-corrected chi connectivity index (χ0v) is 15.2. The first-order chi connectivity index (χ1) is 11.9. The van der Waals surface area contributed by atoms with Crippen molar-refractivity contribution in [3.8, 4) is 5.75 Å². The van der Waals surface area contributed by atoms with Crippen LogP contribution in [0.15, 0.2) is 12.1 Å². The van der Waals surface area contributed by atoms with Gasteiger partial charge in [0.05, 0.1) is 16.6 Å². The number of halogens is 2. The van der Waals surface area contributed by atoms with E-state index >= 15 is 0 Å². The standard InChI is InChI=1S/C17H21Cl2N3O3/c18-12-1-2-13(23)15(16(12)19)10-3-11-5-21(6-14(24)22(11)4-10)9-17(25)7-20-8-17/h1-2,10-11,20,23,25H,3-9H2/t10-,11-/m0/s1. The van der Waals surface area contributed by atoms with Crippen molar-refractivity contribution in [1.29, 1.82) is 0 Å². The van der Waals surface area contributed by atoms with Gasteiger partial charge in [-0.25, -0.2) is 0 Å². The fourth-order valence-corrected chi connectivity index (χ4v) is 4.73. The van der Waals surface area contributed by atoms with E-state index in [0.717, 1.165) is 13.0 Å². The quantitative estimate of drug-likeness (QED) is 0.724. The second kappa shape index (κ2) is 6.28. The maximum Gasteiger partial charge on any atom is 0.237 e. The second-order valence-electron chi connectivity index (χ2n) is 7.42. The van der Waals surface area contributed by atoms with E-state index < -0.39 is 5.60 Å². The lowest BCUT2D eigenvalue weighted by molar-refractivity contribution is -0.140. The fourth-order valence-electron chi connectivity index (χ4n) is 4.26. The molecule has 3 heterocycles. The summed E-state index contributed by atoms with van der Waals surface area (Å²) in [5.41, 5.74) is -0.0978. The van der Waals surface area contributed by atoms with Crippen molar-refractivity contribution in [3.05, 3.63) is 27.7 Å². The van der Waals surface area contributed by atoms with Gasteiger partial charge in [0.2, 0.25) is 5.91 Å². The highest BCUT2D eigenvalue weighted by Crippen LogP contribution is 2.43. The molecule has 3 saturated heterocycles. The van der Waals surface area contributed by atoms with Crippen LogP contribution in [0.4, 0.5) is 0 Å². The Balaban J connectivity index is 1.51. The van der Waals surface area contributed by atoms with Crippen LogP contribution in [0, 0.1) is 0 Å². The molecule has 8 heteroatoms. The number of nitrogens with one attached hydrogen (secondary N) is 1. The first kappa shape index (κ1) is 17.4. The van der Waals surface area contributed by atoms with Crippen LogP contribution in [0.1, 0.15) is 17.9 Å². The summed E-state index contributed by atoms with van der Waals surface area (Å²) in [6, 6.07) is 3.19. The molecule has 1 amide bonds. The minimum atomic E-state index is -0.727. The molecule has 0 spiro atoms. The Morgan fingerprint density at radius 1 is 1.28 bits per heavy atom. The first-order valence-electron chi connectivity index (χ1n) is 8.48. The topological polar surface area (TPSA) is 76.0 Å². The van der Waals surface area contributed by atoms with E-state index in [1.165, 1.54) is 0 Å². The average Bonchev–Trinajstić information content (AvgIpc) is 2.94. The molecule has 0 unspecified atom stereocenters. The summed E-state index contributed by atoms with van der Waals surface area (Å²) in [6.45, 7) is 3.23. The highest BCUT2D eigenvalue weighted by molar-refractivity contribution is 6.42. The Morgan fingerprint density at radius 2 is 2.04 bits per heavy atom. The number of benzene rings is 1. The van der Waals surface area contributed by atoms with Crippen LogP contribution in [0.3, 0.4) is 0 Å². The molecule has 0 aliphatic carbocycles. The summed E-state index contributed by atoms with van der Waals surface area (Å²) in [6.07, 6.45) is 0.729. The van der Waals surface area contributed by atoms with Gasteiger partial charge in [0.25, 0.3) is 0 Å². The number of carbonyl (C=O) groups is 1. The van der Waals surface area contributed by atoms with Crippen LogP contribution >= 0.6 is 23.2 Å². The predicted molar refractivity (Wildman–Crippen MR) is 95.2 cm³/mol. The molecule has 3 N–H and O–H groups in total. The number of β-amino-alcohol motifs (C(OH)–C–C–N with tert-alkyl or cyclic N) is 1. The number of amides is 1. The van der Waals surface area contributed by atoms with Gasteiger partial charge < -0.3 is 20.4 Å². The van der Waals surface area contributed by atoms with Crippen LogP contribution in [0.25, 0.3) is 0 Å². The summed E-state index contributed by atoms with van der Waals surface area (Å²) in [5.74, 6) is 0.152. The lowest BCUT2D eigenvalue weighted by Crippen LogP contribution is -2.67. The second-order valence-corrected chi connectivity index (χ2v) is 8.21. The Morgan fingerprint density at radius 3 is 2.72 bits per heavy atom. The molecule has 0 bridgehead atoms. The molecule has 1 aromatic rings. The van der Waals surface area contributed by atoms with Gasteiger partial charge in [-0.1, -0.05) is 23.2 Å². The number of rotatable bonds is 3. The SMILES string of the molecule is O=C1CN(CC2(O)CNC2)C[C@@H]2C[C@H](c3c(O)ccc(Cl)c3Cl)CN12. The fraction of sp³-hybridized carbons (Fsp3) is 0.588. The van der Waals surface area contributed by atoms with Crippen molar-refractivity contribution in [2.45, 2.75) is 24.0 Å². The number of aliphatic hydroxyl groups is 1. The number of hydrogen-bond acceptors (Lipinski definition) is 5. The normalized spacial score (nSPS) is 28.8. The highest BCUT2D eigenvalue weighted by Gasteiger charge is 2.44. The van der Waals surface area contributed by atoms with Gasteiger partial charge in [0.15, 0.2) is 0 Å². The molecule has 0 aromatic heterocycles. The third-order valence-electron chi connectivity index (χ3n) is 5.51.